The Kier molecular flexibility index (Phi) is 5.79. The number of ether oxygens (including phenoxy) is 1. The van der Waals surface area contributed by atoms with Crippen molar-refractivity contribution in [3.8, 4) is 6.07 Å². The fourth-order valence-corrected chi connectivity index (χ4v) is 1.92. The zero-order chi connectivity index (χ0) is 14.3. The maximum atomic E-state index is 11.7. The van der Waals surface area contributed by atoms with Crippen LogP contribution in [0.5, 0.6) is 0 Å². The number of carbonyl (C=O) groups excluding carboxylic acids is 3. The summed E-state index contributed by atoms with van der Waals surface area (Å²) in [7, 11) is 0. The Morgan fingerprint density at radius 1 is 1.37 bits per heavy atom. The highest BCUT2D eigenvalue weighted by Gasteiger charge is 2.30. The number of hydrogen-bond donors (Lipinski definition) is 1. The number of rotatable bonds is 3. The molecule has 0 aromatic heterocycles. The van der Waals surface area contributed by atoms with Crippen molar-refractivity contribution < 1.29 is 19.1 Å². The van der Waals surface area contributed by atoms with Gasteiger partial charge in [0.2, 0.25) is 0 Å². The summed E-state index contributed by atoms with van der Waals surface area (Å²) in [6, 6.07) is 1.73. The van der Waals surface area contributed by atoms with Gasteiger partial charge in [0.05, 0.1) is 18.6 Å². The van der Waals surface area contributed by atoms with Crippen molar-refractivity contribution in [3.63, 3.8) is 0 Å². The molecule has 0 spiro atoms. The molecule has 1 N–H and O–H groups in total. The van der Waals surface area contributed by atoms with E-state index in [9.17, 15) is 14.4 Å². The van der Waals surface area contributed by atoms with Gasteiger partial charge in [0.25, 0.3) is 0 Å². The summed E-state index contributed by atoms with van der Waals surface area (Å²) < 4.78 is 4.92. The molecular weight excluding hydrogens is 250 g/mol. The van der Waals surface area contributed by atoms with Crippen molar-refractivity contribution in [1.29, 1.82) is 5.26 Å². The maximum absolute atomic E-state index is 11.7. The van der Waals surface area contributed by atoms with Gasteiger partial charge in [0, 0.05) is 13.1 Å². The molecule has 0 aromatic rings. The first-order chi connectivity index (χ1) is 9.10. The van der Waals surface area contributed by atoms with Gasteiger partial charge in [-0.25, -0.2) is 0 Å². The standard InChI is InChI=1S/C12H17N3O4/c1-2-19-12(18)9-3-7-15(8-4-9)11(17)10(16)14-6-5-13/h9H,2-4,6-8H2,1H3,(H,14,16). The van der Waals surface area contributed by atoms with E-state index in [4.69, 9.17) is 10.00 Å². The van der Waals surface area contributed by atoms with E-state index in [1.807, 2.05) is 0 Å². The Labute approximate surface area is 111 Å². The summed E-state index contributed by atoms with van der Waals surface area (Å²) in [5, 5.41) is 10.5. The Morgan fingerprint density at radius 2 is 2.00 bits per heavy atom. The molecule has 1 fully saturated rings. The van der Waals surface area contributed by atoms with Crippen molar-refractivity contribution in [3.05, 3.63) is 0 Å². The third-order valence-corrected chi connectivity index (χ3v) is 2.92. The molecule has 1 saturated heterocycles. The number of carbonyl (C=O) groups is 3. The van der Waals surface area contributed by atoms with Crippen molar-refractivity contribution in [2.24, 2.45) is 5.92 Å². The van der Waals surface area contributed by atoms with Crippen LogP contribution in [0.3, 0.4) is 0 Å². The molecule has 0 aromatic carbocycles. The summed E-state index contributed by atoms with van der Waals surface area (Å²) in [6.07, 6.45) is 0.992. The molecule has 0 atom stereocenters. The van der Waals surface area contributed by atoms with Gasteiger partial charge in [0.15, 0.2) is 0 Å². The smallest absolute Gasteiger partial charge is 0.311 e. The second kappa shape index (κ2) is 7.36. The Balaban J connectivity index is 2.41. The average molecular weight is 267 g/mol. The molecule has 1 heterocycles. The number of nitrogens with one attached hydrogen (secondary N) is 1. The lowest BCUT2D eigenvalue weighted by Gasteiger charge is -2.30. The van der Waals surface area contributed by atoms with Crippen molar-refractivity contribution in [2.45, 2.75) is 19.8 Å². The number of piperidine rings is 1. The van der Waals surface area contributed by atoms with Crippen LogP contribution in [0.4, 0.5) is 0 Å². The van der Waals surface area contributed by atoms with Crippen LogP contribution in [0.2, 0.25) is 0 Å². The van der Waals surface area contributed by atoms with Crippen molar-refractivity contribution >= 4 is 17.8 Å². The molecule has 7 nitrogen and oxygen atoms in total. The van der Waals surface area contributed by atoms with E-state index in [1.54, 1.807) is 13.0 Å². The number of likely N-dealkylation sites (tertiary alicyclic amines) is 1. The Bertz CT molecular complexity index is 394. The summed E-state index contributed by atoms with van der Waals surface area (Å²) in [5.41, 5.74) is 0. The molecule has 0 bridgehead atoms. The minimum Gasteiger partial charge on any atom is -0.466 e. The highest BCUT2D eigenvalue weighted by Crippen LogP contribution is 2.18. The molecular formula is C12H17N3O4. The minimum atomic E-state index is -0.781. The van der Waals surface area contributed by atoms with Gasteiger partial charge < -0.3 is 15.0 Å². The quantitative estimate of drug-likeness (QED) is 0.419. The van der Waals surface area contributed by atoms with Crippen LogP contribution in [0, 0.1) is 17.2 Å². The van der Waals surface area contributed by atoms with E-state index in [-0.39, 0.29) is 18.4 Å². The van der Waals surface area contributed by atoms with Crippen LogP contribution in [-0.2, 0) is 19.1 Å². The third-order valence-electron chi connectivity index (χ3n) is 2.92. The normalized spacial score (nSPS) is 15.5. The van der Waals surface area contributed by atoms with Crippen LogP contribution in [-0.4, -0.2) is 48.9 Å². The van der Waals surface area contributed by atoms with Crippen LogP contribution in [0.15, 0.2) is 0 Å². The second-order valence-corrected chi connectivity index (χ2v) is 4.16. The molecule has 0 unspecified atom stereocenters. The largest absolute Gasteiger partial charge is 0.466 e. The second-order valence-electron chi connectivity index (χ2n) is 4.16. The number of nitriles is 1. The fourth-order valence-electron chi connectivity index (χ4n) is 1.92. The summed E-state index contributed by atoms with van der Waals surface area (Å²) in [5.74, 6) is -1.89. The summed E-state index contributed by atoms with van der Waals surface area (Å²) >= 11 is 0. The van der Waals surface area contributed by atoms with Crippen LogP contribution in [0.1, 0.15) is 19.8 Å². The minimum absolute atomic E-state index is 0.191. The highest BCUT2D eigenvalue weighted by molar-refractivity contribution is 6.35. The maximum Gasteiger partial charge on any atom is 0.311 e. The molecule has 104 valence electrons. The highest BCUT2D eigenvalue weighted by atomic mass is 16.5. The number of esters is 1. The van der Waals surface area contributed by atoms with Crippen molar-refractivity contribution in [1.82, 2.24) is 10.2 Å². The van der Waals surface area contributed by atoms with E-state index in [0.717, 1.165) is 0 Å². The van der Waals surface area contributed by atoms with E-state index in [0.29, 0.717) is 32.5 Å². The summed E-state index contributed by atoms with van der Waals surface area (Å²) in [4.78, 5) is 36.0. The first-order valence-electron chi connectivity index (χ1n) is 6.20. The molecule has 2 amide bonds. The first kappa shape index (κ1) is 15.0. The zero-order valence-electron chi connectivity index (χ0n) is 10.8. The predicted molar refractivity (Wildman–Crippen MR) is 64.6 cm³/mol. The molecule has 1 aliphatic heterocycles. The lowest BCUT2D eigenvalue weighted by Crippen LogP contribution is -2.47. The third kappa shape index (κ3) is 4.25. The lowest BCUT2D eigenvalue weighted by molar-refractivity contribution is -0.152. The topological polar surface area (TPSA) is 99.5 Å². The molecule has 0 radical (unpaired) electrons. The molecule has 0 aliphatic carbocycles. The van der Waals surface area contributed by atoms with E-state index >= 15 is 0 Å². The fraction of sp³-hybridized carbons (Fsp3) is 0.667. The molecule has 19 heavy (non-hydrogen) atoms. The van der Waals surface area contributed by atoms with Gasteiger partial charge >= 0.3 is 17.8 Å². The van der Waals surface area contributed by atoms with E-state index in [1.165, 1.54) is 4.90 Å². The zero-order valence-corrected chi connectivity index (χ0v) is 10.8. The van der Waals surface area contributed by atoms with Gasteiger partial charge in [0.1, 0.15) is 6.54 Å². The van der Waals surface area contributed by atoms with Gasteiger partial charge in [-0.05, 0) is 19.8 Å². The van der Waals surface area contributed by atoms with E-state index in [2.05, 4.69) is 5.32 Å². The Morgan fingerprint density at radius 3 is 2.53 bits per heavy atom. The molecule has 1 rings (SSSR count). The number of hydrogen-bond acceptors (Lipinski definition) is 5. The Hall–Kier alpha value is -2.10. The first-order valence-corrected chi connectivity index (χ1v) is 6.20. The number of nitrogens with zero attached hydrogens (tertiary/aromatic N) is 2. The monoisotopic (exact) mass is 267 g/mol. The molecule has 0 saturated carbocycles. The molecule has 1 aliphatic rings. The van der Waals surface area contributed by atoms with Crippen LogP contribution < -0.4 is 5.32 Å². The van der Waals surface area contributed by atoms with Gasteiger partial charge in [-0.1, -0.05) is 0 Å². The van der Waals surface area contributed by atoms with Gasteiger partial charge in [-0.15, -0.1) is 0 Å². The predicted octanol–water partition coefficient (Wildman–Crippen LogP) is -0.572. The van der Waals surface area contributed by atoms with Crippen LogP contribution in [0.25, 0.3) is 0 Å². The SMILES string of the molecule is CCOC(=O)C1CCN(C(=O)C(=O)NCC#N)CC1. The van der Waals surface area contributed by atoms with Gasteiger partial charge in [-0.3, -0.25) is 14.4 Å². The molecule has 7 heteroatoms. The van der Waals surface area contributed by atoms with Crippen molar-refractivity contribution in [2.75, 3.05) is 26.2 Å². The average Bonchev–Trinajstić information content (AvgIpc) is 2.44. The van der Waals surface area contributed by atoms with Crippen LogP contribution >= 0.6 is 0 Å². The number of amides is 2. The summed E-state index contributed by atoms with van der Waals surface area (Å²) in [6.45, 7) is 2.60. The van der Waals surface area contributed by atoms with Gasteiger partial charge in [-0.2, -0.15) is 5.26 Å². The van der Waals surface area contributed by atoms with E-state index < -0.39 is 11.8 Å². The lowest BCUT2D eigenvalue weighted by atomic mass is 9.97.